The van der Waals surface area contributed by atoms with Gasteiger partial charge in [0.2, 0.25) is 0 Å². The van der Waals surface area contributed by atoms with E-state index in [9.17, 15) is 15.0 Å². The number of hydrogen-bond donors (Lipinski definition) is 2. The fourth-order valence-electron chi connectivity index (χ4n) is 5.29. The van der Waals surface area contributed by atoms with Crippen molar-refractivity contribution in [2.45, 2.75) is 64.7 Å². The summed E-state index contributed by atoms with van der Waals surface area (Å²) in [7, 11) is 0. The fraction of sp³-hybridized carbons (Fsp3) is 0.286. The Morgan fingerprint density at radius 3 is 1.16 bits per heavy atom. The van der Waals surface area contributed by atoms with Gasteiger partial charge in [-0.15, -0.1) is 0 Å². The molecule has 0 spiro atoms. The van der Waals surface area contributed by atoms with Crippen molar-refractivity contribution in [2.24, 2.45) is 0 Å². The maximum absolute atomic E-state index is 12.1. The molecule has 4 aromatic rings. The van der Waals surface area contributed by atoms with E-state index in [2.05, 4.69) is 114 Å². The molecule has 0 saturated carbocycles. The molecule has 0 heterocycles. The predicted octanol–water partition coefficient (Wildman–Crippen LogP) is 8.84. The summed E-state index contributed by atoms with van der Waals surface area (Å²) in [4.78, 5) is 12.1. The summed E-state index contributed by atoms with van der Waals surface area (Å²) in [5, 5.41) is 20.3. The number of phenols is 1. The molecule has 0 saturated heterocycles. The van der Waals surface area contributed by atoms with E-state index >= 15 is 0 Å². The molecule has 0 fully saturated rings. The third kappa shape index (κ3) is 4.98. The third-order valence-electron chi connectivity index (χ3n) is 7.69. The van der Waals surface area contributed by atoms with E-state index in [-0.39, 0.29) is 11.3 Å². The second-order valence-electron chi connectivity index (χ2n) is 11.1. The standard InChI is InChI=1S/C35H38O3/c1-22(2)25-7-13-28(14-8-25)35(29-15-9-26(10-16-29)23(3)4,30-17-11-27(12-18-30)24(5)6)31-19-20-33(36)32(21-31)34(37)38/h7-24,36H,1-6H3,(H,37,38). The van der Waals surface area contributed by atoms with Crippen LogP contribution in [0.15, 0.2) is 91.0 Å². The van der Waals surface area contributed by atoms with Gasteiger partial charge in [0.1, 0.15) is 11.3 Å². The molecule has 0 bridgehead atoms. The van der Waals surface area contributed by atoms with Crippen molar-refractivity contribution < 1.29 is 15.0 Å². The van der Waals surface area contributed by atoms with Crippen molar-refractivity contribution in [1.82, 2.24) is 0 Å². The molecule has 0 atom stereocenters. The molecule has 0 amide bonds. The lowest BCUT2D eigenvalue weighted by Gasteiger charge is -2.37. The van der Waals surface area contributed by atoms with Crippen LogP contribution in [0.4, 0.5) is 0 Å². The van der Waals surface area contributed by atoms with Crippen LogP contribution in [0.2, 0.25) is 0 Å². The van der Waals surface area contributed by atoms with Crippen molar-refractivity contribution in [2.75, 3.05) is 0 Å². The van der Waals surface area contributed by atoms with Crippen molar-refractivity contribution in [3.05, 3.63) is 136 Å². The Morgan fingerprint density at radius 2 is 0.868 bits per heavy atom. The van der Waals surface area contributed by atoms with Gasteiger partial charge in [-0.1, -0.05) is 120 Å². The van der Waals surface area contributed by atoms with Gasteiger partial charge in [-0.2, -0.15) is 0 Å². The van der Waals surface area contributed by atoms with Gasteiger partial charge in [-0.25, -0.2) is 4.79 Å². The SMILES string of the molecule is CC(C)c1ccc(C(c2ccc(C(C)C)cc2)(c2ccc(C(C)C)cc2)c2ccc(O)c(C(=O)O)c2)cc1. The smallest absolute Gasteiger partial charge is 0.339 e. The lowest BCUT2D eigenvalue weighted by atomic mass is 9.64. The van der Waals surface area contributed by atoms with Gasteiger partial charge < -0.3 is 10.2 Å². The average Bonchev–Trinajstić information content (AvgIpc) is 2.90. The highest BCUT2D eigenvalue weighted by molar-refractivity contribution is 5.91. The predicted molar refractivity (Wildman–Crippen MR) is 156 cm³/mol. The minimum atomic E-state index is -1.15. The molecule has 0 radical (unpaired) electrons. The summed E-state index contributed by atoms with van der Waals surface area (Å²) >= 11 is 0. The highest BCUT2D eigenvalue weighted by Crippen LogP contribution is 2.47. The van der Waals surface area contributed by atoms with E-state index in [1.165, 1.54) is 22.8 Å². The number of hydrogen-bond acceptors (Lipinski definition) is 2. The van der Waals surface area contributed by atoms with Gasteiger partial charge >= 0.3 is 5.97 Å². The molecule has 3 heteroatoms. The zero-order chi connectivity index (χ0) is 27.6. The third-order valence-corrected chi connectivity index (χ3v) is 7.69. The van der Waals surface area contributed by atoms with Gasteiger partial charge in [-0.05, 0) is 68.8 Å². The molecule has 38 heavy (non-hydrogen) atoms. The van der Waals surface area contributed by atoms with Crippen molar-refractivity contribution in [3.8, 4) is 5.75 Å². The first-order valence-corrected chi connectivity index (χ1v) is 13.4. The Morgan fingerprint density at radius 1 is 0.553 bits per heavy atom. The largest absolute Gasteiger partial charge is 0.507 e. The van der Waals surface area contributed by atoms with Crippen molar-refractivity contribution in [1.29, 1.82) is 0 Å². The van der Waals surface area contributed by atoms with E-state index in [1.807, 2.05) is 6.07 Å². The molecule has 0 aliphatic rings. The Kier molecular flexibility index (Phi) is 7.78. The van der Waals surface area contributed by atoms with Crippen LogP contribution in [0.5, 0.6) is 5.75 Å². The van der Waals surface area contributed by atoms with Crippen LogP contribution in [0.1, 0.15) is 109 Å². The first-order chi connectivity index (χ1) is 18.0. The summed E-state index contributed by atoms with van der Waals surface area (Å²) in [6, 6.07) is 30.9. The van der Waals surface area contributed by atoms with Crippen LogP contribution >= 0.6 is 0 Å². The quantitative estimate of drug-likeness (QED) is 0.235. The first kappa shape index (κ1) is 27.2. The van der Waals surface area contributed by atoms with E-state index < -0.39 is 11.4 Å². The summed E-state index contributed by atoms with van der Waals surface area (Å²) in [6.07, 6.45) is 0. The number of carboxylic acids is 1. The van der Waals surface area contributed by atoms with E-state index in [1.54, 1.807) is 6.07 Å². The Labute approximate surface area is 226 Å². The molecular formula is C35H38O3. The molecule has 0 aliphatic heterocycles. The molecule has 3 nitrogen and oxygen atoms in total. The van der Waals surface area contributed by atoms with Crippen LogP contribution in [0.3, 0.4) is 0 Å². The Balaban J connectivity index is 2.12. The lowest BCUT2D eigenvalue weighted by molar-refractivity contribution is 0.0693. The molecular weight excluding hydrogens is 468 g/mol. The van der Waals surface area contributed by atoms with Crippen LogP contribution in [-0.4, -0.2) is 16.2 Å². The minimum absolute atomic E-state index is 0.108. The Bertz CT molecular complexity index is 1270. The topological polar surface area (TPSA) is 57.5 Å². The van der Waals surface area contributed by atoms with Gasteiger partial charge in [0.05, 0.1) is 5.41 Å². The summed E-state index contributed by atoms with van der Waals surface area (Å²) in [5.41, 5.74) is 6.73. The number of carboxylic acid groups (broad SMARTS) is 1. The van der Waals surface area contributed by atoms with Crippen LogP contribution in [0, 0.1) is 0 Å². The van der Waals surface area contributed by atoms with Gasteiger partial charge in [0, 0.05) is 0 Å². The maximum atomic E-state index is 12.1. The molecule has 4 aromatic carbocycles. The zero-order valence-corrected chi connectivity index (χ0v) is 23.2. The van der Waals surface area contributed by atoms with Crippen molar-refractivity contribution in [3.63, 3.8) is 0 Å². The van der Waals surface area contributed by atoms with Gasteiger partial charge in [-0.3, -0.25) is 0 Å². The maximum Gasteiger partial charge on any atom is 0.339 e. The highest BCUT2D eigenvalue weighted by atomic mass is 16.4. The van der Waals surface area contributed by atoms with E-state index in [0.29, 0.717) is 17.8 Å². The second kappa shape index (κ2) is 10.9. The molecule has 0 aliphatic carbocycles. The van der Waals surface area contributed by atoms with E-state index in [4.69, 9.17) is 0 Å². The second-order valence-corrected chi connectivity index (χ2v) is 11.1. The number of benzene rings is 4. The summed E-state index contributed by atoms with van der Waals surface area (Å²) in [5.74, 6) is -0.224. The lowest BCUT2D eigenvalue weighted by Crippen LogP contribution is -2.31. The number of carbonyl (C=O) groups is 1. The van der Waals surface area contributed by atoms with Crippen LogP contribution in [0.25, 0.3) is 0 Å². The fourth-order valence-corrected chi connectivity index (χ4v) is 5.29. The minimum Gasteiger partial charge on any atom is -0.507 e. The zero-order valence-electron chi connectivity index (χ0n) is 23.2. The molecule has 196 valence electrons. The molecule has 4 rings (SSSR count). The molecule has 0 unspecified atom stereocenters. The van der Waals surface area contributed by atoms with E-state index in [0.717, 1.165) is 22.3 Å². The summed E-state index contributed by atoms with van der Waals surface area (Å²) in [6.45, 7) is 13.1. The number of rotatable bonds is 8. The molecule has 0 aromatic heterocycles. The monoisotopic (exact) mass is 506 g/mol. The normalized spacial score (nSPS) is 11.9. The van der Waals surface area contributed by atoms with Crippen molar-refractivity contribution >= 4 is 5.97 Å². The first-order valence-electron chi connectivity index (χ1n) is 13.4. The number of aromatic hydroxyl groups is 1. The van der Waals surface area contributed by atoms with Crippen LogP contribution in [-0.2, 0) is 5.41 Å². The molecule has 2 N–H and O–H groups in total. The van der Waals surface area contributed by atoms with Crippen LogP contribution < -0.4 is 0 Å². The summed E-state index contributed by atoms with van der Waals surface area (Å²) < 4.78 is 0. The Hall–Kier alpha value is -3.85. The average molecular weight is 507 g/mol. The van der Waals surface area contributed by atoms with Gasteiger partial charge in [0.15, 0.2) is 0 Å². The highest BCUT2D eigenvalue weighted by Gasteiger charge is 2.39. The number of aromatic carboxylic acids is 1. The van der Waals surface area contributed by atoms with Gasteiger partial charge in [0.25, 0.3) is 0 Å².